The molecule has 1 aromatic carbocycles. The molecule has 0 radical (unpaired) electrons. The third-order valence-corrected chi connectivity index (χ3v) is 4.97. The Morgan fingerprint density at radius 2 is 1.92 bits per heavy atom. The van der Waals surface area contributed by atoms with E-state index >= 15 is 0 Å². The van der Waals surface area contributed by atoms with E-state index in [2.05, 4.69) is 15.3 Å². The van der Waals surface area contributed by atoms with Crippen LogP contribution in [0.1, 0.15) is 70.1 Å². The maximum absolute atomic E-state index is 12.8. The zero-order valence-corrected chi connectivity index (χ0v) is 13.9. The van der Waals surface area contributed by atoms with Crippen molar-refractivity contribution < 1.29 is 14.7 Å². The van der Waals surface area contributed by atoms with Gasteiger partial charge in [0.05, 0.1) is 23.2 Å². The Balaban J connectivity index is 1.61. The van der Waals surface area contributed by atoms with E-state index in [1.165, 1.54) is 0 Å². The molecule has 2 aromatic rings. The van der Waals surface area contributed by atoms with Crippen LogP contribution < -0.4 is 5.32 Å². The minimum absolute atomic E-state index is 0.229. The van der Waals surface area contributed by atoms with Gasteiger partial charge in [-0.25, -0.2) is 9.97 Å². The van der Waals surface area contributed by atoms with Gasteiger partial charge in [-0.1, -0.05) is 24.3 Å². The first-order valence-electron chi connectivity index (χ1n) is 8.50. The van der Waals surface area contributed by atoms with Crippen molar-refractivity contribution in [1.82, 2.24) is 15.3 Å². The molecule has 2 aliphatic carbocycles. The van der Waals surface area contributed by atoms with Crippen molar-refractivity contribution in [2.24, 2.45) is 0 Å². The van der Waals surface area contributed by atoms with Crippen LogP contribution in [0.5, 0.6) is 0 Å². The van der Waals surface area contributed by atoms with E-state index in [0.29, 0.717) is 23.7 Å². The first kappa shape index (κ1) is 15.7. The Bertz CT molecular complexity index is 861. The number of carbonyl (C=O) groups is 2. The van der Waals surface area contributed by atoms with Gasteiger partial charge in [-0.3, -0.25) is 9.59 Å². The molecule has 4 rings (SSSR count). The van der Waals surface area contributed by atoms with Crippen LogP contribution in [0.15, 0.2) is 30.5 Å². The lowest BCUT2D eigenvalue weighted by atomic mass is 10.0. The van der Waals surface area contributed by atoms with Gasteiger partial charge < -0.3 is 10.4 Å². The van der Waals surface area contributed by atoms with Gasteiger partial charge >= 0.3 is 5.97 Å². The van der Waals surface area contributed by atoms with Crippen LogP contribution in [0.3, 0.4) is 0 Å². The standard InChI is InChI=1S/C19H19N3O3/c1-10-20-9-15(17(21-10)11-6-7-11)18(23)22-16-8-14(19(24)25)12-4-2-3-5-13(12)16/h2-5,9,11,14,16H,6-8H2,1H3,(H,22,23)(H,24,25). The number of nitrogens with one attached hydrogen (secondary N) is 1. The first-order valence-corrected chi connectivity index (χ1v) is 8.50. The van der Waals surface area contributed by atoms with Crippen LogP contribution in [-0.2, 0) is 4.79 Å². The van der Waals surface area contributed by atoms with Gasteiger partial charge in [-0.2, -0.15) is 0 Å². The van der Waals surface area contributed by atoms with Gasteiger partial charge in [-0.05, 0) is 37.3 Å². The van der Waals surface area contributed by atoms with Gasteiger partial charge in [-0.15, -0.1) is 0 Å². The van der Waals surface area contributed by atoms with Gasteiger partial charge in [0.25, 0.3) is 5.91 Å². The molecular formula is C19H19N3O3. The summed E-state index contributed by atoms with van der Waals surface area (Å²) in [6.07, 6.45) is 4.04. The Hall–Kier alpha value is -2.76. The van der Waals surface area contributed by atoms with E-state index in [-0.39, 0.29) is 11.9 Å². The van der Waals surface area contributed by atoms with E-state index in [1.807, 2.05) is 31.2 Å². The summed E-state index contributed by atoms with van der Waals surface area (Å²) in [5, 5.41) is 12.4. The minimum Gasteiger partial charge on any atom is -0.481 e. The summed E-state index contributed by atoms with van der Waals surface area (Å²) < 4.78 is 0. The quantitative estimate of drug-likeness (QED) is 0.895. The van der Waals surface area contributed by atoms with Crippen LogP contribution in [0.4, 0.5) is 0 Å². The Kier molecular flexibility index (Phi) is 3.75. The summed E-state index contributed by atoms with van der Waals surface area (Å²) in [5.74, 6) is -0.673. The molecule has 0 spiro atoms. The Morgan fingerprint density at radius 1 is 1.20 bits per heavy atom. The zero-order chi connectivity index (χ0) is 17.6. The second-order valence-corrected chi connectivity index (χ2v) is 6.77. The highest BCUT2D eigenvalue weighted by Crippen LogP contribution is 2.42. The van der Waals surface area contributed by atoms with Crippen LogP contribution in [0.25, 0.3) is 0 Å². The van der Waals surface area contributed by atoms with Crippen molar-refractivity contribution in [3.63, 3.8) is 0 Å². The maximum Gasteiger partial charge on any atom is 0.311 e. The largest absolute Gasteiger partial charge is 0.481 e. The average Bonchev–Trinajstić information content (AvgIpc) is 3.37. The number of aryl methyl sites for hydroxylation is 1. The fraction of sp³-hybridized carbons (Fsp3) is 0.368. The molecule has 128 valence electrons. The van der Waals surface area contributed by atoms with Crippen LogP contribution >= 0.6 is 0 Å². The molecule has 2 unspecified atom stereocenters. The number of carbonyl (C=O) groups excluding carboxylic acids is 1. The maximum atomic E-state index is 12.8. The monoisotopic (exact) mass is 337 g/mol. The van der Waals surface area contributed by atoms with Crippen molar-refractivity contribution in [2.45, 2.75) is 44.1 Å². The Morgan fingerprint density at radius 3 is 2.60 bits per heavy atom. The number of amides is 1. The lowest BCUT2D eigenvalue weighted by Gasteiger charge is -2.15. The number of benzene rings is 1. The number of fused-ring (bicyclic) bond motifs is 1. The van der Waals surface area contributed by atoms with E-state index in [4.69, 9.17) is 0 Å². The molecule has 2 aliphatic rings. The van der Waals surface area contributed by atoms with Crippen LogP contribution in [0.2, 0.25) is 0 Å². The van der Waals surface area contributed by atoms with Crippen LogP contribution in [-0.4, -0.2) is 27.0 Å². The van der Waals surface area contributed by atoms with Crippen LogP contribution in [0, 0.1) is 6.92 Å². The van der Waals surface area contributed by atoms with Gasteiger partial charge in [0, 0.05) is 12.1 Å². The van der Waals surface area contributed by atoms with E-state index in [9.17, 15) is 14.7 Å². The second-order valence-electron chi connectivity index (χ2n) is 6.77. The summed E-state index contributed by atoms with van der Waals surface area (Å²) >= 11 is 0. The normalized spacial score (nSPS) is 21.6. The zero-order valence-electron chi connectivity index (χ0n) is 13.9. The molecule has 1 fully saturated rings. The summed E-state index contributed by atoms with van der Waals surface area (Å²) in [4.78, 5) is 33.0. The summed E-state index contributed by atoms with van der Waals surface area (Å²) in [5.41, 5.74) is 2.97. The molecule has 0 saturated heterocycles. The van der Waals surface area contributed by atoms with Gasteiger partial charge in [0.15, 0.2) is 0 Å². The SMILES string of the molecule is Cc1ncc(C(=O)NC2CC(C(=O)O)c3ccccc32)c(C2CC2)n1. The highest BCUT2D eigenvalue weighted by atomic mass is 16.4. The average molecular weight is 337 g/mol. The van der Waals surface area contributed by atoms with E-state index in [0.717, 1.165) is 29.7 Å². The highest BCUT2D eigenvalue weighted by molar-refractivity contribution is 5.95. The van der Waals surface area contributed by atoms with Crippen molar-refractivity contribution in [3.05, 3.63) is 58.7 Å². The van der Waals surface area contributed by atoms with Gasteiger partial charge in [0.2, 0.25) is 0 Å². The molecule has 1 saturated carbocycles. The molecule has 6 nitrogen and oxygen atoms in total. The fourth-order valence-electron chi connectivity index (χ4n) is 3.57. The van der Waals surface area contributed by atoms with Crippen molar-refractivity contribution in [1.29, 1.82) is 0 Å². The van der Waals surface area contributed by atoms with Gasteiger partial charge in [0.1, 0.15) is 5.82 Å². The van der Waals surface area contributed by atoms with Crippen molar-refractivity contribution >= 4 is 11.9 Å². The first-order chi connectivity index (χ1) is 12.0. The molecule has 25 heavy (non-hydrogen) atoms. The molecule has 2 atom stereocenters. The minimum atomic E-state index is -0.860. The number of aliphatic carboxylic acids is 1. The number of carboxylic acid groups (broad SMARTS) is 1. The van der Waals surface area contributed by atoms with E-state index in [1.54, 1.807) is 6.20 Å². The van der Waals surface area contributed by atoms with E-state index < -0.39 is 11.9 Å². The molecule has 6 heteroatoms. The number of carboxylic acids is 1. The molecule has 1 aromatic heterocycles. The van der Waals surface area contributed by atoms with Crippen molar-refractivity contribution in [2.75, 3.05) is 0 Å². The summed E-state index contributed by atoms with van der Waals surface area (Å²) in [6, 6.07) is 7.10. The lowest BCUT2D eigenvalue weighted by Crippen LogP contribution is -2.29. The third kappa shape index (κ3) is 2.88. The Labute approximate surface area is 145 Å². The number of hydrogen-bond donors (Lipinski definition) is 2. The molecule has 0 aliphatic heterocycles. The fourth-order valence-corrected chi connectivity index (χ4v) is 3.57. The topological polar surface area (TPSA) is 92.2 Å². The molecule has 2 N–H and O–H groups in total. The number of aromatic nitrogens is 2. The highest BCUT2D eigenvalue weighted by Gasteiger charge is 2.37. The third-order valence-electron chi connectivity index (χ3n) is 4.97. The second kappa shape index (κ2) is 5.95. The predicted octanol–water partition coefficient (Wildman–Crippen LogP) is 2.71. The molecule has 0 bridgehead atoms. The lowest BCUT2D eigenvalue weighted by molar-refractivity contribution is -0.138. The number of rotatable bonds is 4. The molecule has 1 amide bonds. The molecule has 1 heterocycles. The predicted molar refractivity (Wildman–Crippen MR) is 90.4 cm³/mol. The van der Waals surface area contributed by atoms with Crippen molar-refractivity contribution in [3.8, 4) is 0 Å². The number of hydrogen-bond acceptors (Lipinski definition) is 4. The molecular weight excluding hydrogens is 318 g/mol. The smallest absolute Gasteiger partial charge is 0.311 e. The summed E-state index contributed by atoms with van der Waals surface area (Å²) in [6.45, 7) is 1.82. The number of nitrogens with zero attached hydrogens (tertiary/aromatic N) is 2. The summed E-state index contributed by atoms with van der Waals surface area (Å²) in [7, 11) is 0.